The van der Waals surface area contributed by atoms with Crippen LogP contribution in [0.3, 0.4) is 0 Å². The van der Waals surface area contributed by atoms with E-state index in [1.165, 1.54) is 0 Å². The Morgan fingerprint density at radius 3 is 2.46 bits per heavy atom. The van der Waals surface area contributed by atoms with Gasteiger partial charge >= 0.3 is 0 Å². The van der Waals surface area contributed by atoms with Crippen molar-refractivity contribution in [2.24, 2.45) is 0 Å². The van der Waals surface area contributed by atoms with Crippen molar-refractivity contribution in [1.29, 1.82) is 0 Å². The molecule has 1 aromatic carbocycles. The van der Waals surface area contributed by atoms with Crippen LogP contribution in [0.4, 0.5) is 5.69 Å². The Hall–Kier alpha value is -0.220. The number of aromatic hydroxyl groups is 1. The van der Waals surface area contributed by atoms with Crippen molar-refractivity contribution in [2.75, 3.05) is 12.4 Å². The summed E-state index contributed by atoms with van der Waals surface area (Å²) in [4.78, 5) is 0. The van der Waals surface area contributed by atoms with Gasteiger partial charge in [-0.1, -0.05) is 6.92 Å². The lowest BCUT2D eigenvalue weighted by Gasteiger charge is -2.11. The maximum atomic E-state index is 9.70. The van der Waals surface area contributed by atoms with E-state index in [9.17, 15) is 5.11 Å². The summed E-state index contributed by atoms with van der Waals surface area (Å²) in [6.45, 7) is 2.05. The lowest BCUT2D eigenvalue weighted by Crippen LogP contribution is -1.93. The van der Waals surface area contributed by atoms with Gasteiger partial charge in [-0.15, -0.1) is 0 Å². The highest BCUT2D eigenvalue weighted by Gasteiger charge is 2.11. The largest absolute Gasteiger partial charge is 0.505 e. The van der Waals surface area contributed by atoms with E-state index in [-0.39, 0.29) is 5.75 Å². The van der Waals surface area contributed by atoms with Gasteiger partial charge in [-0.05, 0) is 49.9 Å². The van der Waals surface area contributed by atoms with Crippen molar-refractivity contribution in [3.63, 3.8) is 0 Å². The van der Waals surface area contributed by atoms with Gasteiger partial charge in [0.2, 0.25) is 0 Å². The van der Waals surface area contributed by atoms with Gasteiger partial charge in [0, 0.05) is 7.05 Å². The zero-order chi connectivity index (χ0) is 10.0. The summed E-state index contributed by atoms with van der Waals surface area (Å²) in [6.07, 6.45) is 0.885. The van der Waals surface area contributed by atoms with Crippen molar-refractivity contribution < 1.29 is 5.11 Å². The zero-order valence-electron chi connectivity index (χ0n) is 7.49. The molecule has 0 aromatic heterocycles. The van der Waals surface area contributed by atoms with Gasteiger partial charge in [0.05, 0.1) is 14.6 Å². The maximum Gasteiger partial charge on any atom is 0.146 e. The molecule has 0 heterocycles. The molecule has 0 radical (unpaired) electrons. The number of aryl methyl sites for hydroxylation is 1. The lowest BCUT2D eigenvalue weighted by molar-refractivity contribution is 0.468. The van der Waals surface area contributed by atoms with Crippen LogP contribution in [-0.4, -0.2) is 12.2 Å². The van der Waals surface area contributed by atoms with Gasteiger partial charge < -0.3 is 10.4 Å². The third-order valence-corrected chi connectivity index (χ3v) is 3.59. The molecule has 0 bridgehead atoms. The highest BCUT2D eigenvalue weighted by molar-refractivity contribution is 9.11. The number of halogens is 2. The molecular formula is C9H11Br2NO. The summed E-state index contributed by atoms with van der Waals surface area (Å²) in [7, 11) is 1.83. The maximum absolute atomic E-state index is 9.70. The first-order valence-electron chi connectivity index (χ1n) is 3.99. The van der Waals surface area contributed by atoms with Crippen molar-refractivity contribution >= 4 is 37.5 Å². The number of phenols is 1. The van der Waals surface area contributed by atoms with Crippen LogP contribution in [0.15, 0.2) is 15.0 Å². The van der Waals surface area contributed by atoms with Crippen molar-refractivity contribution in [3.8, 4) is 5.75 Å². The van der Waals surface area contributed by atoms with Crippen LogP contribution in [0.2, 0.25) is 0 Å². The van der Waals surface area contributed by atoms with Gasteiger partial charge in [0.25, 0.3) is 0 Å². The second kappa shape index (κ2) is 4.33. The highest BCUT2D eigenvalue weighted by Crippen LogP contribution is 2.40. The molecule has 0 atom stereocenters. The van der Waals surface area contributed by atoms with Crippen LogP contribution >= 0.6 is 31.9 Å². The quantitative estimate of drug-likeness (QED) is 0.876. The van der Waals surface area contributed by atoms with E-state index in [0.29, 0.717) is 4.47 Å². The summed E-state index contributed by atoms with van der Waals surface area (Å²) in [5.41, 5.74) is 1.99. The third kappa shape index (κ3) is 1.99. The fourth-order valence-corrected chi connectivity index (χ4v) is 2.49. The van der Waals surface area contributed by atoms with Gasteiger partial charge in [-0.2, -0.15) is 0 Å². The predicted octanol–water partition coefficient (Wildman–Crippen LogP) is 3.52. The average molecular weight is 309 g/mol. The fourth-order valence-electron chi connectivity index (χ4n) is 1.12. The standard InChI is InChI=1S/C9H11Br2NO/c1-3-5-4-6(12-2)8(11)9(13)7(5)10/h4,12-13H,3H2,1-2H3. The Labute approximate surface area is 94.6 Å². The molecule has 1 aromatic rings. The Morgan fingerprint density at radius 2 is 2.00 bits per heavy atom. The molecule has 0 unspecified atom stereocenters. The van der Waals surface area contributed by atoms with Crippen LogP contribution in [0.1, 0.15) is 12.5 Å². The molecule has 4 heteroatoms. The topological polar surface area (TPSA) is 32.3 Å². The monoisotopic (exact) mass is 307 g/mol. The van der Waals surface area contributed by atoms with Crippen molar-refractivity contribution in [2.45, 2.75) is 13.3 Å². The number of hydrogen-bond acceptors (Lipinski definition) is 2. The molecule has 2 N–H and O–H groups in total. The van der Waals surface area contributed by atoms with Crippen molar-refractivity contribution in [3.05, 3.63) is 20.6 Å². The minimum atomic E-state index is 0.253. The zero-order valence-corrected chi connectivity index (χ0v) is 10.7. The fraction of sp³-hybridized carbons (Fsp3) is 0.333. The molecule has 0 amide bonds. The second-order valence-corrected chi connectivity index (χ2v) is 4.25. The van der Waals surface area contributed by atoms with E-state index in [2.05, 4.69) is 37.2 Å². The number of rotatable bonds is 2. The summed E-state index contributed by atoms with van der Waals surface area (Å²) < 4.78 is 1.46. The first-order chi connectivity index (χ1) is 6.11. The third-order valence-electron chi connectivity index (χ3n) is 1.90. The molecule has 0 saturated carbocycles. The molecule has 2 nitrogen and oxygen atoms in total. The normalized spacial score (nSPS) is 10.2. The van der Waals surface area contributed by atoms with E-state index in [4.69, 9.17) is 0 Å². The van der Waals surface area contributed by atoms with Crippen LogP contribution < -0.4 is 5.32 Å². The van der Waals surface area contributed by atoms with Crippen LogP contribution in [-0.2, 0) is 6.42 Å². The lowest BCUT2D eigenvalue weighted by atomic mass is 10.1. The molecule has 0 aliphatic heterocycles. The molecule has 0 spiro atoms. The highest BCUT2D eigenvalue weighted by atomic mass is 79.9. The number of benzene rings is 1. The number of hydrogen-bond donors (Lipinski definition) is 2. The molecule has 0 saturated heterocycles. The molecule has 1 rings (SSSR count). The van der Waals surface area contributed by atoms with E-state index in [1.54, 1.807) is 0 Å². The molecule has 0 fully saturated rings. The molecular weight excluding hydrogens is 298 g/mol. The Bertz CT molecular complexity index is 298. The van der Waals surface area contributed by atoms with Gasteiger partial charge in [0.15, 0.2) is 0 Å². The predicted molar refractivity (Wildman–Crippen MR) is 62.4 cm³/mol. The molecule has 72 valence electrons. The van der Waals surface area contributed by atoms with Crippen molar-refractivity contribution in [1.82, 2.24) is 0 Å². The molecule has 0 aliphatic carbocycles. The second-order valence-electron chi connectivity index (χ2n) is 2.66. The van der Waals surface area contributed by atoms with E-state index in [0.717, 1.165) is 22.1 Å². The molecule has 13 heavy (non-hydrogen) atoms. The summed E-state index contributed by atoms with van der Waals surface area (Å²) >= 11 is 6.66. The Morgan fingerprint density at radius 1 is 1.38 bits per heavy atom. The SMILES string of the molecule is CCc1cc(NC)c(Br)c(O)c1Br. The van der Waals surface area contributed by atoms with Crippen LogP contribution in [0, 0.1) is 0 Å². The first kappa shape index (κ1) is 10.9. The van der Waals surface area contributed by atoms with Gasteiger partial charge in [0.1, 0.15) is 5.75 Å². The average Bonchev–Trinajstić information content (AvgIpc) is 2.15. The van der Waals surface area contributed by atoms with Crippen LogP contribution in [0.5, 0.6) is 5.75 Å². The summed E-state index contributed by atoms with van der Waals surface area (Å²) in [5.74, 6) is 0.253. The van der Waals surface area contributed by atoms with E-state index >= 15 is 0 Å². The van der Waals surface area contributed by atoms with E-state index < -0.39 is 0 Å². The molecule has 0 aliphatic rings. The first-order valence-corrected chi connectivity index (χ1v) is 5.58. The minimum absolute atomic E-state index is 0.253. The van der Waals surface area contributed by atoms with Crippen LogP contribution in [0.25, 0.3) is 0 Å². The smallest absolute Gasteiger partial charge is 0.146 e. The minimum Gasteiger partial charge on any atom is -0.505 e. The summed E-state index contributed by atoms with van der Waals surface area (Å²) in [5, 5.41) is 12.7. The number of nitrogens with one attached hydrogen (secondary N) is 1. The van der Waals surface area contributed by atoms with E-state index in [1.807, 2.05) is 20.0 Å². The van der Waals surface area contributed by atoms with Gasteiger partial charge in [-0.3, -0.25) is 0 Å². The number of anilines is 1. The Kier molecular flexibility index (Phi) is 3.62. The number of phenolic OH excluding ortho intramolecular Hbond substituents is 1. The Balaban J connectivity index is 3.36. The summed E-state index contributed by atoms with van der Waals surface area (Å²) in [6, 6.07) is 2.01. The van der Waals surface area contributed by atoms with Gasteiger partial charge in [-0.25, -0.2) is 0 Å².